The first-order valence-corrected chi connectivity index (χ1v) is 19.3. The lowest BCUT2D eigenvalue weighted by Crippen LogP contribution is -2.36. The minimum atomic E-state index is -0.494. The Labute approximate surface area is 313 Å². The molecule has 1 atom stereocenters. The molecule has 8 aromatic rings. The molecule has 246 valence electrons. The van der Waals surface area contributed by atoms with Crippen LogP contribution in [-0.2, 0) is 5.41 Å². The summed E-state index contributed by atoms with van der Waals surface area (Å²) in [6.07, 6.45) is 0. The van der Waals surface area contributed by atoms with E-state index in [1.54, 1.807) is 0 Å². The van der Waals surface area contributed by atoms with Crippen LogP contribution in [0.15, 0.2) is 214 Å². The van der Waals surface area contributed by atoms with Gasteiger partial charge >= 0.3 is 0 Å². The average Bonchev–Trinajstić information content (AvgIpc) is 3.22. The second-order valence-corrected chi connectivity index (χ2v) is 15.5. The number of nitrogens with one attached hydrogen (secondary N) is 1. The standard InChI is InChI=1S/C49H33NS2/c1-4-14-33(15-5-1)36-25-28-47-42(31-36)49(40-20-10-12-22-45(40)51-47)41-21-11-13-23-46(41)52-48-29-26-37(32-43(48)49)35-24-27-44(50-38-18-8-3-9-19-38)39(30-35)34-16-6-2-7-17-34/h1-32,50H. The largest absolute Gasteiger partial charge is 0.355 e. The maximum Gasteiger partial charge on any atom is 0.0745 e. The summed E-state index contributed by atoms with van der Waals surface area (Å²) in [6.45, 7) is 0. The van der Waals surface area contributed by atoms with Gasteiger partial charge in [-0.05, 0) is 111 Å². The fraction of sp³-hybridized carbons (Fsp3) is 0.0204. The summed E-state index contributed by atoms with van der Waals surface area (Å²) in [5.74, 6) is 0. The molecule has 2 heterocycles. The van der Waals surface area contributed by atoms with Gasteiger partial charge in [-0.3, -0.25) is 0 Å². The Morgan fingerprint density at radius 2 is 0.769 bits per heavy atom. The van der Waals surface area contributed by atoms with E-state index in [1.165, 1.54) is 75.2 Å². The van der Waals surface area contributed by atoms with Crippen LogP contribution in [0.5, 0.6) is 0 Å². The lowest BCUT2D eigenvalue weighted by atomic mass is 9.64. The van der Waals surface area contributed by atoms with Crippen molar-refractivity contribution in [3.63, 3.8) is 0 Å². The van der Waals surface area contributed by atoms with Crippen molar-refractivity contribution in [2.45, 2.75) is 25.0 Å². The first kappa shape index (κ1) is 31.0. The Kier molecular flexibility index (Phi) is 7.63. The molecule has 3 heteroatoms. The van der Waals surface area contributed by atoms with Crippen molar-refractivity contribution in [1.82, 2.24) is 0 Å². The van der Waals surface area contributed by atoms with Gasteiger partial charge in [-0.2, -0.15) is 0 Å². The van der Waals surface area contributed by atoms with Gasteiger partial charge < -0.3 is 5.32 Å². The van der Waals surface area contributed by atoms with E-state index < -0.39 is 5.41 Å². The molecule has 1 N–H and O–H groups in total. The molecule has 0 amide bonds. The minimum Gasteiger partial charge on any atom is -0.355 e. The summed E-state index contributed by atoms with van der Waals surface area (Å²) >= 11 is 3.78. The molecule has 1 unspecified atom stereocenters. The third kappa shape index (κ3) is 5.11. The van der Waals surface area contributed by atoms with E-state index in [1.807, 2.05) is 23.5 Å². The highest BCUT2D eigenvalue weighted by molar-refractivity contribution is 8.00. The normalized spacial score (nSPS) is 15.2. The number of para-hydroxylation sites is 1. The molecule has 8 aromatic carbocycles. The highest BCUT2D eigenvalue weighted by Crippen LogP contribution is 2.62. The molecule has 52 heavy (non-hydrogen) atoms. The number of anilines is 2. The van der Waals surface area contributed by atoms with Gasteiger partial charge in [0, 0.05) is 36.5 Å². The molecular formula is C49H33NS2. The quantitative estimate of drug-likeness (QED) is 0.192. The van der Waals surface area contributed by atoms with Crippen LogP contribution in [-0.4, -0.2) is 0 Å². The van der Waals surface area contributed by atoms with Crippen LogP contribution in [0.4, 0.5) is 11.4 Å². The van der Waals surface area contributed by atoms with Crippen molar-refractivity contribution in [2.75, 3.05) is 5.32 Å². The van der Waals surface area contributed by atoms with E-state index in [-0.39, 0.29) is 0 Å². The lowest BCUT2D eigenvalue weighted by molar-refractivity contribution is 0.668. The molecule has 10 rings (SSSR count). The molecule has 1 spiro atoms. The van der Waals surface area contributed by atoms with Gasteiger partial charge in [0.15, 0.2) is 0 Å². The SMILES string of the molecule is c1ccc(Nc2ccc(-c3ccc4c(c3)C3(c5ccccc5Sc5ccc(-c6ccccc6)cc53)c3ccccc3S4)cc2-c2ccccc2)cc1. The zero-order valence-electron chi connectivity index (χ0n) is 28.3. The summed E-state index contributed by atoms with van der Waals surface area (Å²) in [7, 11) is 0. The first-order chi connectivity index (χ1) is 25.8. The van der Waals surface area contributed by atoms with Crippen LogP contribution in [0.3, 0.4) is 0 Å². The summed E-state index contributed by atoms with van der Waals surface area (Å²) < 4.78 is 0. The number of rotatable bonds is 5. The van der Waals surface area contributed by atoms with Gasteiger partial charge in [-0.1, -0.05) is 157 Å². The second-order valence-electron chi connectivity index (χ2n) is 13.4. The van der Waals surface area contributed by atoms with Crippen molar-refractivity contribution < 1.29 is 0 Å². The highest BCUT2D eigenvalue weighted by Gasteiger charge is 2.49. The predicted molar refractivity (Wildman–Crippen MR) is 219 cm³/mol. The fourth-order valence-corrected chi connectivity index (χ4v) is 10.4. The van der Waals surface area contributed by atoms with Crippen molar-refractivity contribution >= 4 is 34.9 Å². The molecule has 0 aromatic heterocycles. The van der Waals surface area contributed by atoms with Crippen LogP contribution in [0.25, 0.3) is 33.4 Å². The van der Waals surface area contributed by atoms with Crippen molar-refractivity contribution in [2.24, 2.45) is 0 Å². The Balaban J connectivity index is 1.21. The Hall–Kier alpha value is -5.74. The van der Waals surface area contributed by atoms with E-state index >= 15 is 0 Å². The van der Waals surface area contributed by atoms with Crippen LogP contribution < -0.4 is 5.32 Å². The summed E-state index contributed by atoms with van der Waals surface area (Å²) in [6, 6.07) is 71.1. The Bertz CT molecular complexity index is 2560. The van der Waals surface area contributed by atoms with E-state index in [2.05, 4.69) is 199 Å². The molecular weight excluding hydrogens is 667 g/mol. The van der Waals surface area contributed by atoms with Gasteiger partial charge in [0.05, 0.1) is 5.41 Å². The zero-order chi connectivity index (χ0) is 34.5. The predicted octanol–water partition coefficient (Wildman–Crippen LogP) is 13.7. The van der Waals surface area contributed by atoms with Crippen LogP contribution >= 0.6 is 23.5 Å². The monoisotopic (exact) mass is 699 g/mol. The van der Waals surface area contributed by atoms with Gasteiger partial charge in [0.2, 0.25) is 0 Å². The van der Waals surface area contributed by atoms with Crippen LogP contribution in [0.1, 0.15) is 22.3 Å². The van der Waals surface area contributed by atoms with Crippen LogP contribution in [0.2, 0.25) is 0 Å². The van der Waals surface area contributed by atoms with Gasteiger partial charge in [-0.25, -0.2) is 0 Å². The topological polar surface area (TPSA) is 12.0 Å². The molecule has 0 bridgehead atoms. The minimum absolute atomic E-state index is 0.494. The maximum absolute atomic E-state index is 3.69. The molecule has 0 saturated heterocycles. The molecule has 0 fully saturated rings. The third-order valence-electron chi connectivity index (χ3n) is 10.4. The van der Waals surface area contributed by atoms with Crippen molar-refractivity contribution in [1.29, 1.82) is 0 Å². The molecule has 0 radical (unpaired) electrons. The van der Waals surface area contributed by atoms with E-state index in [0.717, 1.165) is 11.4 Å². The number of hydrogen-bond donors (Lipinski definition) is 1. The van der Waals surface area contributed by atoms with E-state index in [9.17, 15) is 0 Å². The molecule has 2 aliphatic rings. The number of benzene rings is 8. The molecule has 2 aliphatic heterocycles. The molecule has 0 aliphatic carbocycles. The van der Waals surface area contributed by atoms with Crippen molar-refractivity contribution in [3.8, 4) is 33.4 Å². The summed E-state index contributed by atoms with van der Waals surface area (Å²) in [5.41, 5.74) is 14.2. The zero-order valence-corrected chi connectivity index (χ0v) is 29.9. The fourth-order valence-electron chi connectivity index (χ4n) is 8.02. The second kappa shape index (κ2) is 12.8. The summed E-state index contributed by atoms with van der Waals surface area (Å²) in [4.78, 5) is 5.22. The first-order valence-electron chi connectivity index (χ1n) is 17.7. The Morgan fingerprint density at radius 3 is 1.37 bits per heavy atom. The van der Waals surface area contributed by atoms with Gasteiger partial charge in [-0.15, -0.1) is 0 Å². The Morgan fingerprint density at radius 1 is 0.327 bits per heavy atom. The van der Waals surface area contributed by atoms with Crippen molar-refractivity contribution in [3.05, 3.63) is 216 Å². The average molecular weight is 700 g/mol. The third-order valence-corrected chi connectivity index (χ3v) is 12.7. The highest BCUT2D eigenvalue weighted by atomic mass is 32.2. The maximum atomic E-state index is 3.69. The lowest BCUT2D eigenvalue weighted by Gasteiger charge is -2.46. The molecule has 1 nitrogen and oxygen atoms in total. The smallest absolute Gasteiger partial charge is 0.0745 e. The van der Waals surface area contributed by atoms with E-state index in [0.29, 0.717) is 0 Å². The van der Waals surface area contributed by atoms with Gasteiger partial charge in [0.25, 0.3) is 0 Å². The number of hydrogen-bond acceptors (Lipinski definition) is 3. The molecule has 0 saturated carbocycles. The van der Waals surface area contributed by atoms with Crippen LogP contribution in [0, 0.1) is 0 Å². The van der Waals surface area contributed by atoms with E-state index in [4.69, 9.17) is 0 Å². The van der Waals surface area contributed by atoms with Gasteiger partial charge in [0.1, 0.15) is 0 Å². The number of fused-ring (bicyclic) bond motifs is 8. The summed E-state index contributed by atoms with van der Waals surface area (Å²) in [5, 5.41) is 3.69.